The monoisotopic (exact) mass is 351 g/mol. The van der Waals surface area contributed by atoms with E-state index in [1.54, 1.807) is 12.1 Å². The van der Waals surface area contributed by atoms with Crippen LogP contribution in [0.3, 0.4) is 0 Å². The third-order valence-corrected chi connectivity index (χ3v) is 3.54. The number of halogens is 2. The summed E-state index contributed by atoms with van der Waals surface area (Å²) < 4.78 is 20.5. The number of benzene rings is 2. The van der Waals surface area contributed by atoms with E-state index in [9.17, 15) is 4.39 Å². The Labute approximate surface area is 133 Å². The summed E-state index contributed by atoms with van der Waals surface area (Å²) in [6.07, 6.45) is -0.232. The van der Waals surface area contributed by atoms with Crippen LogP contribution >= 0.6 is 15.9 Å². The van der Waals surface area contributed by atoms with Gasteiger partial charge in [0, 0.05) is 17.1 Å². The zero-order valence-electron chi connectivity index (χ0n) is 12.1. The highest BCUT2D eigenvalue weighted by molar-refractivity contribution is 9.10. The van der Waals surface area contributed by atoms with Crippen molar-refractivity contribution in [3.8, 4) is 5.75 Å². The van der Waals surface area contributed by atoms with Crippen LogP contribution in [0.15, 0.2) is 53.0 Å². The molecule has 1 N–H and O–H groups in total. The van der Waals surface area contributed by atoms with E-state index in [4.69, 9.17) is 4.74 Å². The molecule has 0 heterocycles. The minimum Gasteiger partial charge on any atom is -0.481 e. The van der Waals surface area contributed by atoms with E-state index in [1.165, 1.54) is 6.07 Å². The van der Waals surface area contributed by atoms with E-state index in [-0.39, 0.29) is 17.7 Å². The largest absolute Gasteiger partial charge is 0.481 e. The molecular formula is C17H19BrFNO. The van der Waals surface area contributed by atoms with Crippen molar-refractivity contribution in [2.45, 2.75) is 26.0 Å². The van der Waals surface area contributed by atoms with E-state index < -0.39 is 0 Å². The Hall–Kier alpha value is -1.39. The van der Waals surface area contributed by atoms with E-state index in [0.717, 1.165) is 5.56 Å². The molecule has 2 rings (SSSR count). The number of hydrogen-bond acceptors (Lipinski definition) is 2. The molecule has 2 nitrogen and oxygen atoms in total. The molecule has 0 aromatic heterocycles. The molecule has 0 saturated carbocycles. The van der Waals surface area contributed by atoms with Gasteiger partial charge < -0.3 is 10.1 Å². The molecule has 0 aliphatic carbocycles. The second-order valence-corrected chi connectivity index (χ2v) is 6.07. The van der Waals surface area contributed by atoms with Crippen LogP contribution in [0.5, 0.6) is 5.75 Å². The molecule has 1 atom stereocenters. The van der Waals surface area contributed by atoms with Gasteiger partial charge in [-0.3, -0.25) is 0 Å². The maximum absolute atomic E-state index is 13.9. The minimum absolute atomic E-state index is 0.232. The summed E-state index contributed by atoms with van der Waals surface area (Å²) in [5, 5.41) is 3.34. The van der Waals surface area contributed by atoms with E-state index >= 15 is 0 Å². The maximum atomic E-state index is 13.9. The first-order valence-corrected chi connectivity index (χ1v) is 7.75. The molecule has 0 amide bonds. The van der Waals surface area contributed by atoms with Crippen LogP contribution in [0, 0.1) is 5.82 Å². The lowest BCUT2D eigenvalue weighted by molar-refractivity contribution is 0.189. The van der Waals surface area contributed by atoms with Gasteiger partial charge in [0.05, 0.1) is 0 Å². The molecule has 0 saturated heterocycles. The van der Waals surface area contributed by atoms with Crippen LogP contribution in [0.2, 0.25) is 0 Å². The quantitative estimate of drug-likeness (QED) is 0.813. The second kappa shape index (κ2) is 7.57. The first kappa shape index (κ1) is 16.0. The van der Waals surface area contributed by atoms with Crippen molar-refractivity contribution >= 4 is 15.9 Å². The summed E-state index contributed by atoms with van der Waals surface area (Å²) in [6, 6.07) is 15.0. The average Bonchev–Trinajstić information content (AvgIpc) is 2.46. The SMILES string of the molecule is CC(C)NCC(Oc1ccc(Br)cc1F)c1ccccc1. The molecule has 2 aromatic rings. The summed E-state index contributed by atoms with van der Waals surface area (Å²) in [4.78, 5) is 0. The maximum Gasteiger partial charge on any atom is 0.166 e. The predicted molar refractivity (Wildman–Crippen MR) is 87.0 cm³/mol. The van der Waals surface area contributed by atoms with E-state index in [1.807, 2.05) is 30.3 Å². The summed E-state index contributed by atoms with van der Waals surface area (Å²) in [6.45, 7) is 4.77. The smallest absolute Gasteiger partial charge is 0.166 e. The fraction of sp³-hybridized carbons (Fsp3) is 0.294. The highest BCUT2D eigenvalue weighted by Gasteiger charge is 2.16. The highest BCUT2D eigenvalue weighted by atomic mass is 79.9. The lowest BCUT2D eigenvalue weighted by Crippen LogP contribution is -2.30. The fourth-order valence-corrected chi connectivity index (χ4v) is 2.30. The van der Waals surface area contributed by atoms with Crippen LogP contribution in [0.1, 0.15) is 25.5 Å². The van der Waals surface area contributed by atoms with Crippen LogP contribution in [0.25, 0.3) is 0 Å². The van der Waals surface area contributed by atoms with E-state index in [2.05, 4.69) is 35.1 Å². The summed E-state index contributed by atoms with van der Waals surface area (Å²) in [5.41, 5.74) is 1.02. The van der Waals surface area contributed by atoms with Crippen molar-refractivity contribution in [3.63, 3.8) is 0 Å². The Bertz CT molecular complexity index is 574. The Balaban J connectivity index is 2.19. The molecule has 0 aliphatic heterocycles. The second-order valence-electron chi connectivity index (χ2n) is 5.15. The predicted octanol–water partition coefficient (Wildman–Crippen LogP) is 4.71. The average molecular weight is 352 g/mol. The fourth-order valence-electron chi connectivity index (χ4n) is 1.96. The summed E-state index contributed by atoms with van der Waals surface area (Å²) in [5.74, 6) is -0.104. The van der Waals surface area contributed by atoms with Gasteiger partial charge in [-0.2, -0.15) is 0 Å². The normalized spacial score (nSPS) is 12.4. The first-order chi connectivity index (χ1) is 10.1. The molecule has 0 spiro atoms. The van der Waals surface area contributed by atoms with Gasteiger partial charge >= 0.3 is 0 Å². The topological polar surface area (TPSA) is 21.3 Å². The molecule has 0 fully saturated rings. The third-order valence-electron chi connectivity index (χ3n) is 3.05. The molecule has 0 bridgehead atoms. The van der Waals surface area contributed by atoms with Gasteiger partial charge in [-0.25, -0.2) is 4.39 Å². The molecule has 4 heteroatoms. The van der Waals surface area contributed by atoms with Crippen molar-refractivity contribution in [1.82, 2.24) is 5.32 Å². The van der Waals surface area contributed by atoms with Crippen molar-refractivity contribution in [2.75, 3.05) is 6.54 Å². The number of hydrogen-bond donors (Lipinski definition) is 1. The molecule has 112 valence electrons. The van der Waals surface area contributed by atoms with Gasteiger partial charge in [-0.05, 0) is 23.8 Å². The van der Waals surface area contributed by atoms with Crippen molar-refractivity contribution in [2.24, 2.45) is 0 Å². The molecule has 21 heavy (non-hydrogen) atoms. The lowest BCUT2D eigenvalue weighted by Gasteiger charge is -2.22. The lowest BCUT2D eigenvalue weighted by atomic mass is 10.1. The zero-order chi connectivity index (χ0) is 15.2. The number of nitrogens with one attached hydrogen (secondary N) is 1. The van der Waals surface area contributed by atoms with Gasteiger partial charge in [0.25, 0.3) is 0 Å². The van der Waals surface area contributed by atoms with Crippen LogP contribution in [-0.2, 0) is 0 Å². The molecule has 2 aromatic carbocycles. The van der Waals surface area contributed by atoms with Crippen molar-refractivity contribution in [3.05, 3.63) is 64.4 Å². The van der Waals surface area contributed by atoms with Gasteiger partial charge in [0.1, 0.15) is 6.10 Å². The number of rotatable bonds is 6. The van der Waals surface area contributed by atoms with Gasteiger partial charge in [0.2, 0.25) is 0 Å². The summed E-state index contributed by atoms with van der Waals surface area (Å²) in [7, 11) is 0. The van der Waals surface area contributed by atoms with Gasteiger partial charge in [-0.1, -0.05) is 60.1 Å². The Morgan fingerprint density at radius 1 is 1.14 bits per heavy atom. The zero-order valence-corrected chi connectivity index (χ0v) is 13.7. The number of ether oxygens (including phenoxy) is 1. The van der Waals surface area contributed by atoms with Crippen LogP contribution < -0.4 is 10.1 Å². The summed E-state index contributed by atoms with van der Waals surface area (Å²) >= 11 is 3.25. The first-order valence-electron chi connectivity index (χ1n) is 6.96. The van der Waals surface area contributed by atoms with Gasteiger partial charge in [-0.15, -0.1) is 0 Å². The molecule has 1 unspecified atom stereocenters. The standard InChI is InChI=1S/C17H19BrFNO/c1-12(2)20-11-17(13-6-4-3-5-7-13)21-16-9-8-14(18)10-15(16)19/h3-10,12,17,20H,11H2,1-2H3. The highest BCUT2D eigenvalue weighted by Crippen LogP contribution is 2.26. The van der Waals surface area contributed by atoms with Crippen molar-refractivity contribution in [1.29, 1.82) is 0 Å². The van der Waals surface area contributed by atoms with Crippen molar-refractivity contribution < 1.29 is 9.13 Å². The molecule has 0 aliphatic rings. The Kier molecular flexibility index (Phi) is 5.76. The molecular weight excluding hydrogens is 333 g/mol. The third kappa shape index (κ3) is 4.83. The van der Waals surface area contributed by atoms with Crippen LogP contribution in [0.4, 0.5) is 4.39 Å². The molecule has 0 radical (unpaired) electrons. The Morgan fingerprint density at radius 2 is 1.86 bits per heavy atom. The van der Waals surface area contributed by atoms with E-state index in [0.29, 0.717) is 17.1 Å². The van der Waals surface area contributed by atoms with Gasteiger partial charge in [0.15, 0.2) is 11.6 Å². The Morgan fingerprint density at radius 3 is 2.48 bits per heavy atom. The van der Waals surface area contributed by atoms with Crippen LogP contribution in [-0.4, -0.2) is 12.6 Å². The minimum atomic E-state index is -0.366.